The molecule has 0 aliphatic heterocycles. The van der Waals surface area contributed by atoms with Crippen LogP contribution in [0.4, 0.5) is 0 Å². The Morgan fingerprint density at radius 2 is 2.29 bits per heavy atom. The highest BCUT2D eigenvalue weighted by Crippen LogP contribution is 2.31. The van der Waals surface area contributed by atoms with Gasteiger partial charge in [0.2, 0.25) is 0 Å². The molecule has 3 heteroatoms. The summed E-state index contributed by atoms with van der Waals surface area (Å²) >= 11 is 7.89. The van der Waals surface area contributed by atoms with Crippen molar-refractivity contribution in [2.75, 3.05) is 12.8 Å². The average molecular weight is 270 g/mol. The Labute approximate surface area is 113 Å². The van der Waals surface area contributed by atoms with E-state index in [1.54, 1.807) is 0 Å². The summed E-state index contributed by atoms with van der Waals surface area (Å²) in [7, 11) is 2.09. The van der Waals surface area contributed by atoms with Gasteiger partial charge in [-0.15, -0.1) is 11.8 Å². The van der Waals surface area contributed by atoms with Crippen molar-refractivity contribution in [3.05, 3.63) is 29.3 Å². The van der Waals surface area contributed by atoms with Crippen LogP contribution in [0.3, 0.4) is 0 Å². The second-order valence-electron chi connectivity index (χ2n) is 4.68. The molecule has 2 atom stereocenters. The summed E-state index contributed by atoms with van der Waals surface area (Å²) in [5.41, 5.74) is 0. The fourth-order valence-corrected chi connectivity index (χ4v) is 3.94. The van der Waals surface area contributed by atoms with Gasteiger partial charge in [0.1, 0.15) is 0 Å². The van der Waals surface area contributed by atoms with Crippen molar-refractivity contribution in [3.63, 3.8) is 0 Å². The first-order chi connectivity index (χ1) is 8.29. The van der Waals surface area contributed by atoms with Crippen molar-refractivity contribution in [1.82, 2.24) is 5.32 Å². The zero-order chi connectivity index (χ0) is 12.1. The highest BCUT2D eigenvalue weighted by molar-refractivity contribution is 7.99. The quantitative estimate of drug-likeness (QED) is 0.804. The third kappa shape index (κ3) is 3.90. The second kappa shape index (κ2) is 6.67. The Kier molecular flexibility index (Phi) is 5.20. The van der Waals surface area contributed by atoms with Crippen LogP contribution < -0.4 is 5.32 Å². The minimum Gasteiger partial charge on any atom is -0.317 e. The maximum Gasteiger partial charge on any atom is 0.0417 e. The first-order valence-corrected chi connectivity index (χ1v) is 7.71. The lowest BCUT2D eigenvalue weighted by molar-refractivity contribution is 0.417. The number of halogens is 1. The van der Waals surface area contributed by atoms with E-state index in [0.717, 1.165) is 17.0 Å². The van der Waals surface area contributed by atoms with Gasteiger partial charge in [-0.05, 0) is 56.2 Å². The van der Waals surface area contributed by atoms with Crippen LogP contribution in [0.2, 0.25) is 5.02 Å². The van der Waals surface area contributed by atoms with Crippen molar-refractivity contribution < 1.29 is 0 Å². The summed E-state index contributed by atoms with van der Waals surface area (Å²) in [6.45, 7) is 0. The van der Waals surface area contributed by atoms with Gasteiger partial charge in [0.15, 0.2) is 0 Å². The number of rotatable bonds is 5. The van der Waals surface area contributed by atoms with E-state index in [4.69, 9.17) is 11.6 Å². The minimum absolute atomic E-state index is 0.745. The zero-order valence-electron chi connectivity index (χ0n) is 10.3. The van der Waals surface area contributed by atoms with Crippen LogP contribution in [-0.2, 0) is 0 Å². The van der Waals surface area contributed by atoms with E-state index >= 15 is 0 Å². The molecule has 1 fully saturated rings. The van der Waals surface area contributed by atoms with Crippen molar-refractivity contribution in [3.8, 4) is 0 Å². The van der Waals surface area contributed by atoms with E-state index in [0.29, 0.717) is 0 Å². The summed E-state index contributed by atoms with van der Waals surface area (Å²) in [6.07, 6.45) is 5.44. The Balaban J connectivity index is 1.76. The highest BCUT2D eigenvalue weighted by Gasteiger charge is 2.24. The van der Waals surface area contributed by atoms with E-state index in [1.807, 2.05) is 23.9 Å². The van der Waals surface area contributed by atoms with Crippen LogP contribution in [-0.4, -0.2) is 18.8 Å². The third-order valence-corrected chi connectivity index (χ3v) is 4.85. The van der Waals surface area contributed by atoms with Gasteiger partial charge in [-0.1, -0.05) is 24.1 Å². The van der Waals surface area contributed by atoms with Crippen LogP contribution in [0.15, 0.2) is 29.2 Å². The number of thioether (sulfide) groups is 1. The van der Waals surface area contributed by atoms with Crippen LogP contribution in [0.5, 0.6) is 0 Å². The van der Waals surface area contributed by atoms with E-state index in [2.05, 4.69) is 24.5 Å². The molecule has 94 valence electrons. The maximum atomic E-state index is 5.97. The molecule has 1 aromatic carbocycles. The number of hydrogen-bond donors (Lipinski definition) is 1. The lowest BCUT2D eigenvalue weighted by atomic mass is 10.0. The largest absolute Gasteiger partial charge is 0.317 e. The highest BCUT2D eigenvalue weighted by atomic mass is 35.5. The van der Waals surface area contributed by atoms with Crippen molar-refractivity contribution in [2.24, 2.45) is 5.92 Å². The molecular formula is C14H20ClNS. The normalized spacial score (nSPS) is 24.1. The van der Waals surface area contributed by atoms with Gasteiger partial charge in [0.25, 0.3) is 0 Å². The molecule has 1 aromatic rings. The predicted molar refractivity (Wildman–Crippen MR) is 77.0 cm³/mol. The molecule has 0 amide bonds. The van der Waals surface area contributed by atoms with Gasteiger partial charge in [0.05, 0.1) is 0 Å². The first kappa shape index (κ1) is 13.3. The average Bonchev–Trinajstić information content (AvgIpc) is 2.77. The van der Waals surface area contributed by atoms with Crippen LogP contribution in [0.1, 0.15) is 25.7 Å². The van der Waals surface area contributed by atoms with Gasteiger partial charge in [0, 0.05) is 16.0 Å². The molecule has 1 N–H and O–H groups in total. The molecule has 1 nitrogen and oxygen atoms in total. The van der Waals surface area contributed by atoms with Crippen molar-refractivity contribution in [2.45, 2.75) is 36.6 Å². The molecule has 0 heterocycles. The SMILES string of the molecule is CNC1CCCC1CCSc1cccc(Cl)c1. The molecule has 1 saturated carbocycles. The number of benzene rings is 1. The fraction of sp³-hybridized carbons (Fsp3) is 0.571. The molecular weight excluding hydrogens is 250 g/mol. The van der Waals surface area contributed by atoms with E-state index in [9.17, 15) is 0 Å². The maximum absolute atomic E-state index is 5.97. The smallest absolute Gasteiger partial charge is 0.0417 e. The molecule has 0 saturated heterocycles. The number of hydrogen-bond acceptors (Lipinski definition) is 2. The summed E-state index contributed by atoms with van der Waals surface area (Å²) in [4.78, 5) is 1.29. The molecule has 17 heavy (non-hydrogen) atoms. The van der Waals surface area contributed by atoms with Gasteiger partial charge in [-0.2, -0.15) is 0 Å². The van der Waals surface area contributed by atoms with Gasteiger partial charge >= 0.3 is 0 Å². The lowest BCUT2D eigenvalue weighted by Gasteiger charge is -2.18. The van der Waals surface area contributed by atoms with Crippen LogP contribution in [0, 0.1) is 5.92 Å². The molecule has 1 aliphatic rings. The Hall–Kier alpha value is -0.180. The summed E-state index contributed by atoms with van der Waals surface area (Å²) in [6, 6.07) is 8.89. The topological polar surface area (TPSA) is 12.0 Å². The second-order valence-corrected chi connectivity index (χ2v) is 6.29. The minimum atomic E-state index is 0.745. The zero-order valence-corrected chi connectivity index (χ0v) is 11.9. The summed E-state index contributed by atoms with van der Waals surface area (Å²) in [5.74, 6) is 2.06. The van der Waals surface area contributed by atoms with Gasteiger partial charge < -0.3 is 5.32 Å². The molecule has 2 rings (SSSR count). The Morgan fingerprint density at radius 1 is 1.41 bits per heavy atom. The van der Waals surface area contributed by atoms with E-state index in [1.165, 1.54) is 36.3 Å². The molecule has 0 aromatic heterocycles. The lowest BCUT2D eigenvalue weighted by Crippen LogP contribution is -2.29. The molecule has 0 spiro atoms. The fourth-order valence-electron chi connectivity index (χ4n) is 2.65. The van der Waals surface area contributed by atoms with Crippen LogP contribution in [0.25, 0.3) is 0 Å². The molecule has 2 unspecified atom stereocenters. The van der Waals surface area contributed by atoms with Gasteiger partial charge in [-0.25, -0.2) is 0 Å². The Bertz CT molecular complexity index is 356. The van der Waals surface area contributed by atoms with Crippen molar-refractivity contribution >= 4 is 23.4 Å². The summed E-state index contributed by atoms with van der Waals surface area (Å²) in [5, 5.41) is 4.28. The van der Waals surface area contributed by atoms with E-state index < -0.39 is 0 Å². The third-order valence-electron chi connectivity index (χ3n) is 3.58. The monoisotopic (exact) mass is 269 g/mol. The summed E-state index contributed by atoms with van der Waals surface area (Å²) < 4.78 is 0. The standard InChI is InChI=1S/C14H20ClNS/c1-16-14-7-2-4-11(14)8-9-17-13-6-3-5-12(15)10-13/h3,5-6,10-11,14,16H,2,4,7-9H2,1H3. The van der Waals surface area contributed by atoms with Gasteiger partial charge in [-0.3, -0.25) is 0 Å². The first-order valence-electron chi connectivity index (χ1n) is 6.35. The van der Waals surface area contributed by atoms with E-state index in [-0.39, 0.29) is 0 Å². The number of nitrogens with one attached hydrogen (secondary N) is 1. The predicted octanol–water partition coefficient (Wildman–Crippen LogP) is 4.21. The Morgan fingerprint density at radius 3 is 3.06 bits per heavy atom. The van der Waals surface area contributed by atoms with Crippen LogP contribution >= 0.6 is 23.4 Å². The molecule has 0 radical (unpaired) electrons. The molecule has 0 bridgehead atoms. The molecule has 1 aliphatic carbocycles. The van der Waals surface area contributed by atoms with Crippen molar-refractivity contribution in [1.29, 1.82) is 0 Å².